The molecule has 2 fully saturated rings. The second-order valence-electron chi connectivity index (χ2n) is 7.47. The Hall–Kier alpha value is -0.670. The van der Waals surface area contributed by atoms with Crippen LogP contribution < -0.4 is 0 Å². The molecule has 1 nitrogen and oxygen atoms in total. The summed E-state index contributed by atoms with van der Waals surface area (Å²) in [6, 6.07) is -1.68. The first-order chi connectivity index (χ1) is 11.1. The third-order valence-corrected chi connectivity index (χ3v) is 5.91. The molecule has 0 aromatic carbocycles. The van der Waals surface area contributed by atoms with Crippen molar-refractivity contribution in [2.24, 2.45) is 17.8 Å². The van der Waals surface area contributed by atoms with E-state index in [2.05, 4.69) is 6.92 Å². The third kappa shape index (κ3) is 6.04. The zero-order valence-electron chi connectivity index (χ0n) is 14.3. The number of hydrogen-bond donors (Lipinski definition) is 0. The lowest BCUT2D eigenvalue weighted by Gasteiger charge is -2.37. The van der Waals surface area contributed by atoms with Crippen LogP contribution in [0.25, 0.3) is 0 Å². The van der Waals surface area contributed by atoms with Crippen LogP contribution in [0, 0.1) is 17.8 Å². The molecule has 0 aliphatic heterocycles. The van der Waals surface area contributed by atoms with Gasteiger partial charge in [-0.3, -0.25) is 0 Å². The van der Waals surface area contributed by atoms with Crippen molar-refractivity contribution >= 4 is 0 Å². The minimum absolute atomic E-state index is 0.363. The Morgan fingerprint density at radius 3 is 1.91 bits per heavy atom. The Labute approximate surface area is 138 Å². The molecule has 2 saturated carbocycles. The van der Waals surface area contributed by atoms with E-state index in [-0.39, 0.29) is 6.10 Å². The van der Waals surface area contributed by atoms with Crippen molar-refractivity contribution in [3.8, 4) is 0 Å². The molecule has 2 aliphatic rings. The molecule has 23 heavy (non-hydrogen) atoms. The predicted molar refractivity (Wildman–Crippen MR) is 86.8 cm³/mol. The van der Waals surface area contributed by atoms with E-state index < -0.39 is 12.1 Å². The van der Waals surface area contributed by atoms with Gasteiger partial charge in [-0.2, -0.15) is 13.2 Å². The van der Waals surface area contributed by atoms with Gasteiger partial charge < -0.3 is 4.74 Å². The molecule has 0 aromatic rings. The van der Waals surface area contributed by atoms with E-state index in [9.17, 15) is 13.2 Å². The van der Waals surface area contributed by atoms with Crippen molar-refractivity contribution in [2.75, 3.05) is 0 Å². The van der Waals surface area contributed by atoms with Crippen molar-refractivity contribution in [3.05, 3.63) is 12.1 Å². The van der Waals surface area contributed by atoms with Crippen molar-refractivity contribution in [1.29, 1.82) is 0 Å². The van der Waals surface area contributed by atoms with Crippen LogP contribution in [0.5, 0.6) is 0 Å². The van der Waals surface area contributed by atoms with Crippen LogP contribution in [0.4, 0.5) is 13.2 Å². The quantitative estimate of drug-likeness (QED) is 0.361. The standard InChI is InChI=1S/C19H31F3O/c1-2-3-4-5-14-6-8-15(9-7-14)16-10-12-17(13-11-16)23-19(22)18(20)21/h14-17H,2-13H2,1H3. The summed E-state index contributed by atoms with van der Waals surface area (Å²) >= 11 is 0. The fraction of sp³-hybridized carbons (Fsp3) is 0.895. The normalized spacial score (nSPS) is 31.7. The van der Waals surface area contributed by atoms with Crippen LogP contribution in [0.15, 0.2) is 12.1 Å². The summed E-state index contributed by atoms with van der Waals surface area (Å²) in [5.41, 5.74) is 0. The molecule has 0 radical (unpaired) electrons. The van der Waals surface area contributed by atoms with Gasteiger partial charge >= 0.3 is 12.1 Å². The van der Waals surface area contributed by atoms with Crippen molar-refractivity contribution < 1.29 is 17.9 Å². The Bertz CT molecular complexity index is 363. The van der Waals surface area contributed by atoms with Gasteiger partial charge in [0.2, 0.25) is 0 Å². The lowest BCUT2D eigenvalue weighted by molar-refractivity contribution is 0.00986. The molecule has 0 unspecified atom stereocenters. The first kappa shape index (κ1) is 18.7. The SMILES string of the molecule is CCCCCC1CCC(C2CCC(OC(F)=C(F)F)CC2)CC1. The second kappa shape index (κ2) is 9.58. The topological polar surface area (TPSA) is 9.23 Å². The lowest BCUT2D eigenvalue weighted by atomic mass is 9.70. The molecule has 0 heterocycles. The summed E-state index contributed by atoms with van der Waals surface area (Å²) in [4.78, 5) is 0. The maximum atomic E-state index is 12.8. The zero-order valence-corrected chi connectivity index (χ0v) is 14.3. The molecule has 134 valence electrons. The molecule has 0 bridgehead atoms. The maximum Gasteiger partial charge on any atom is 0.342 e. The van der Waals surface area contributed by atoms with Gasteiger partial charge in [0.05, 0.1) is 0 Å². The first-order valence-corrected chi connectivity index (χ1v) is 9.47. The smallest absolute Gasteiger partial charge is 0.342 e. The number of rotatable bonds is 7. The molecule has 2 aliphatic carbocycles. The van der Waals surface area contributed by atoms with E-state index in [0.717, 1.165) is 24.7 Å². The Morgan fingerprint density at radius 1 is 0.826 bits per heavy atom. The Kier molecular flexibility index (Phi) is 7.78. The highest BCUT2D eigenvalue weighted by Crippen LogP contribution is 2.41. The van der Waals surface area contributed by atoms with Gasteiger partial charge in [-0.15, -0.1) is 0 Å². The number of halogens is 3. The van der Waals surface area contributed by atoms with Crippen LogP contribution in [0.1, 0.15) is 84.0 Å². The average Bonchev–Trinajstić information content (AvgIpc) is 2.56. The van der Waals surface area contributed by atoms with Crippen molar-refractivity contribution in [1.82, 2.24) is 0 Å². The fourth-order valence-corrected chi connectivity index (χ4v) is 4.50. The fourth-order valence-electron chi connectivity index (χ4n) is 4.50. The summed E-state index contributed by atoms with van der Waals surface area (Å²) in [7, 11) is 0. The minimum Gasteiger partial charge on any atom is -0.464 e. The van der Waals surface area contributed by atoms with Crippen molar-refractivity contribution in [2.45, 2.75) is 90.1 Å². The van der Waals surface area contributed by atoms with E-state index in [1.165, 1.54) is 51.4 Å². The number of unbranched alkanes of at least 4 members (excludes halogenated alkanes) is 2. The zero-order chi connectivity index (χ0) is 16.7. The molecule has 0 saturated heterocycles. The lowest BCUT2D eigenvalue weighted by Crippen LogP contribution is -2.28. The largest absolute Gasteiger partial charge is 0.464 e. The van der Waals surface area contributed by atoms with E-state index in [1.807, 2.05) is 0 Å². The van der Waals surface area contributed by atoms with E-state index in [4.69, 9.17) is 4.74 Å². The summed E-state index contributed by atoms with van der Waals surface area (Å²) < 4.78 is 41.7. The molecule has 0 amide bonds. The molecule has 0 N–H and O–H groups in total. The monoisotopic (exact) mass is 332 g/mol. The first-order valence-electron chi connectivity index (χ1n) is 9.47. The van der Waals surface area contributed by atoms with Gasteiger partial charge in [-0.1, -0.05) is 45.4 Å². The summed E-state index contributed by atoms with van der Waals surface area (Å²) in [5, 5.41) is 0. The molecule has 4 heteroatoms. The molecular weight excluding hydrogens is 301 g/mol. The molecule has 0 atom stereocenters. The van der Waals surface area contributed by atoms with E-state index >= 15 is 0 Å². The molecule has 2 rings (SSSR count). The van der Waals surface area contributed by atoms with Gasteiger partial charge in [0.15, 0.2) is 0 Å². The van der Waals surface area contributed by atoms with Crippen LogP contribution in [-0.2, 0) is 4.74 Å². The summed E-state index contributed by atoms with van der Waals surface area (Å²) in [5.74, 6) is 2.40. The Morgan fingerprint density at radius 2 is 1.39 bits per heavy atom. The third-order valence-electron chi connectivity index (χ3n) is 5.91. The molecule has 0 spiro atoms. The van der Waals surface area contributed by atoms with Crippen LogP contribution >= 0.6 is 0 Å². The maximum absolute atomic E-state index is 12.8. The second-order valence-corrected chi connectivity index (χ2v) is 7.47. The van der Waals surface area contributed by atoms with Crippen molar-refractivity contribution in [3.63, 3.8) is 0 Å². The van der Waals surface area contributed by atoms with Gasteiger partial charge in [0, 0.05) is 0 Å². The highest BCUT2D eigenvalue weighted by Gasteiger charge is 2.31. The number of ether oxygens (including phenoxy) is 1. The van der Waals surface area contributed by atoms with Crippen LogP contribution in [0.2, 0.25) is 0 Å². The number of hydrogen-bond acceptors (Lipinski definition) is 1. The minimum atomic E-state index is -2.34. The Balaban J connectivity index is 1.66. The van der Waals surface area contributed by atoms with Gasteiger partial charge in [0.25, 0.3) is 0 Å². The van der Waals surface area contributed by atoms with E-state index in [1.54, 1.807) is 0 Å². The molecule has 0 aromatic heterocycles. The van der Waals surface area contributed by atoms with Crippen LogP contribution in [0.3, 0.4) is 0 Å². The average molecular weight is 332 g/mol. The molecular formula is C19H31F3O. The van der Waals surface area contributed by atoms with Gasteiger partial charge in [0.1, 0.15) is 6.10 Å². The predicted octanol–water partition coefficient (Wildman–Crippen LogP) is 6.98. The van der Waals surface area contributed by atoms with Gasteiger partial charge in [-0.25, -0.2) is 0 Å². The summed E-state index contributed by atoms with van der Waals surface area (Å²) in [6.07, 6.45) is 11.5. The highest BCUT2D eigenvalue weighted by atomic mass is 19.3. The van der Waals surface area contributed by atoms with Crippen LogP contribution in [-0.4, -0.2) is 6.10 Å². The van der Waals surface area contributed by atoms with Gasteiger partial charge in [-0.05, 0) is 56.3 Å². The highest BCUT2D eigenvalue weighted by molar-refractivity contribution is 4.86. The van der Waals surface area contributed by atoms with E-state index in [0.29, 0.717) is 18.8 Å². The summed E-state index contributed by atoms with van der Waals surface area (Å²) in [6.45, 7) is 2.25.